The quantitative estimate of drug-likeness (QED) is 0.205. The van der Waals surface area contributed by atoms with Crippen molar-refractivity contribution in [2.45, 2.75) is 27.0 Å². The highest BCUT2D eigenvalue weighted by molar-refractivity contribution is 6.60. The van der Waals surface area contributed by atoms with Gasteiger partial charge in [-0.15, -0.1) is 0 Å². The smallest absolute Gasteiger partial charge is 0.443 e. The Morgan fingerprint density at radius 3 is 2.18 bits per heavy atom. The number of nitrogens with one attached hydrogen (secondary N) is 1. The van der Waals surface area contributed by atoms with E-state index in [2.05, 4.69) is 10.5 Å². The topological polar surface area (TPSA) is 115 Å². The number of rotatable bonds is 11. The first-order valence-corrected chi connectivity index (χ1v) is 12.4. The summed E-state index contributed by atoms with van der Waals surface area (Å²) < 4.78 is 5.30. The molecule has 0 aromatic heterocycles. The Labute approximate surface area is 223 Å². The Morgan fingerprint density at radius 2 is 1.55 bits per heavy atom. The normalized spacial score (nSPS) is 10.9. The Bertz CT molecular complexity index is 1190. The highest BCUT2D eigenvalue weighted by Crippen LogP contribution is 2.08. The lowest BCUT2D eigenvalue weighted by Gasteiger charge is -2.27. The molecule has 38 heavy (non-hydrogen) atoms. The van der Waals surface area contributed by atoms with Gasteiger partial charge in [-0.3, -0.25) is 9.80 Å². The van der Waals surface area contributed by atoms with Gasteiger partial charge in [-0.05, 0) is 28.1 Å². The molecule has 198 valence electrons. The van der Waals surface area contributed by atoms with Crippen LogP contribution in [0.15, 0.2) is 90.0 Å². The van der Waals surface area contributed by atoms with Crippen molar-refractivity contribution in [1.82, 2.24) is 15.4 Å². The van der Waals surface area contributed by atoms with Crippen LogP contribution in [0, 0.1) is 5.92 Å². The minimum Gasteiger partial charge on any atom is -0.443 e. The van der Waals surface area contributed by atoms with E-state index in [4.69, 9.17) is 4.74 Å². The summed E-state index contributed by atoms with van der Waals surface area (Å²) >= 11 is 0. The van der Waals surface area contributed by atoms with E-state index in [-0.39, 0.29) is 31.5 Å². The van der Waals surface area contributed by atoms with Gasteiger partial charge < -0.3 is 14.8 Å². The molecule has 3 rings (SSSR count). The Kier molecular flexibility index (Phi) is 10.9. The lowest BCUT2D eigenvalue weighted by molar-refractivity contribution is -0.136. The van der Waals surface area contributed by atoms with Crippen molar-refractivity contribution in [3.8, 4) is 0 Å². The fourth-order valence-electron chi connectivity index (χ4n) is 3.62. The fraction of sp³-hybridized carbons (Fsp3) is 0.250. The fourth-order valence-corrected chi connectivity index (χ4v) is 3.62. The Morgan fingerprint density at radius 1 is 0.947 bits per heavy atom. The van der Waals surface area contributed by atoms with E-state index in [0.29, 0.717) is 17.6 Å². The number of hydrazone groups is 1. The molecule has 10 heteroatoms. The van der Waals surface area contributed by atoms with Gasteiger partial charge in [0.1, 0.15) is 13.2 Å². The third kappa shape index (κ3) is 9.38. The summed E-state index contributed by atoms with van der Waals surface area (Å²) in [4.78, 5) is 25.8. The number of ether oxygens (including phenoxy) is 1. The molecule has 0 heterocycles. The summed E-state index contributed by atoms with van der Waals surface area (Å²) in [6.45, 7) is 4.42. The molecule has 0 aliphatic rings. The molecule has 2 amide bonds. The number of benzene rings is 3. The second-order valence-corrected chi connectivity index (χ2v) is 9.13. The number of carbonyl (C=O) groups excluding carboxylic acids is 2. The Balaban J connectivity index is 1.74. The second-order valence-electron chi connectivity index (χ2n) is 9.13. The highest BCUT2D eigenvalue weighted by atomic mass is 16.6. The van der Waals surface area contributed by atoms with E-state index >= 15 is 0 Å². The van der Waals surface area contributed by atoms with Crippen molar-refractivity contribution in [1.29, 1.82) is 0 Å². The van der Waals surface area contributed by atoms with Crippen LogP contribution in [0.5, 0.6) is 0 Å². The van der Waals surface area contributed by atoms with Crippen LogP contribution in [-0.2, 0) is 22.7 Å². The van der Waals surface area contributed by atoms with E-state index in [0.717, 1.165) is 11.1 Å². The van der Waals surface area contributed by atoms with Crippen molar-refractivity contribution in [2.75, 3.05) is 13.1 Å². The molecule has 0 saturated carbocycles. The van der Waals surface area contributed by atoms with E-state index in [1.165, 1.54) is 11.2 Å². The molecule has 0 saturated heterocycles. The SMILES string of the molecule is CC(C)CN(NC(=O)OCc1ccccc1)C(=O)CN(Cc1ccccc1)/N=C/c1ccccc1B(O)O. The molecule has 0 unspecified atom stereocenters. The number of hydrogen-bond donors (Lipinski definition) is 3. The van der Waals surface area contributed by atoms with Gasteiger partial charge in [-0.2, -0.15) is 5.10 Å². The van der Waals surface area contributed by atoms with Gasteiger partial charge in [0.15, 0.2) is 0 Å². The molecule has 3 N–H and O–H groups in total. The molecule has 0 spiro atoms. The van der Waals surface area contributed by atoms with Crippen LogP contribution in [0.4, 0.5) is 4.79 Å². The summed E-state index contributed by atoms with van der Waals surface area (Å²) in [6.07, 6.45) is 0.756. The summed E-state index contributed by atoms with van der Waals surface area (Å²) in [5.74, 6) is -0.295. The lowest BCUT2D eigenvalue weighted by Crippen LogP contribution is -2.50. The maximum atomic E-state index is 13.3. The first kappa shape index (κ1) is 28.4. The van der Waals surface area contributed by atoms with Crippen molar-refractivity contribution < 1.29 is 24.4 Å². The Hall–Kier alpha value is -4.15. The second kappa shape index (κ2) is 14.6. The molecular weight excluding hydrogens is 483 g/mol. The zero-order chi connectivity index (χ0) is 27.3. The summed E-state index contributed by atoms with van der Waals surface area (Å²) in [5, 5.41) is 26.6. The molecule has 3 aromatic rings. The van der Waals surface area contributed by atoms with Crippen molar-refractivity contribution in [2.24, 2.45) is 11.0 Å². The maximum Gasteiger partial charge on any atom is 0.489 e. The minimum atomic E-state index is -1.66. The van der Waals surface area contributed by atoms with Crippen LogP contribution in [0.25, 0.3) is 0 Å². The van der Waals surface area contributed by atoms with E-state index < -0.39 is 13.2 Å². The van der Waals surface area contributed by atoms with Crippen molar-refractivity contribution in [3.63, 3.8) is 0 Å². The van der Waals surface area contributed by atoms with Crippen LogP contribution in [-0.4, -0.2) is 58.5 Å². The van der Waals surface area contributed by atoms with Crippen molar-refractivity contribution >= 4 is 30.8 Å². The zero-order valence-electron chi connectivity index (χ0n) is 21.6. The molecule has 0 atom stereocenters. The van der Waals surface area contributed by atoms with E-state index in [9.17, 15) is 19.6 Å². The molecule has 0 radical (unpaired) electrons. The number of hydrogen-bond acceptors (Lipinski definition) is 7. The third-order valence-electron chi connectivity index (χ3n) is 5.45. The molecule has 9 nitrogen and oxygen atoms in total. The van der Waals surface area contributed by atoms with Gasteiger partial charge >= 0.3 is 13.2 Å². The van der Waals surface area contributed by atoms with Crippen LogP contribution in [0.2, 0.25) is 0 Å². The van der Waals surface area contributed by atoms with Crippen LogP contribution < -0.4 is 10.9 Å². The first-order valence-electron chi connectivity index (χ1n) is 12.4. The number of nitrogens with zero attached hydrogens (tertiary/aromatic N) is 3. The molecular formula is C28H33BN4O5. The molecule has 0 bridgehead atoms. The molecule has 0 aliphatic heterocycles. The highest BCUT2D eigenvalue weighted by Gasteiger charge is 2.21. The summed E-state index contributed by atoms with van der Waals surface area (Å²) in [6, 6.07) is 25.6. The van der Waals surface area contributed by atoms with Crippen molar-refractivity contribution in [3.05, 3.63) is 102 Å². The van der Waals surface area contributed by atoms with Gasteiger partial charge in [-0.25, -0.2) is 15.2 Å². The number of carbonyl (C=O) groups is 2. The molecule has 0 fully saturated rings. The third-order valence-corrected chi connectivity index (χ3v) is 5.45. The average molecular weight is 516 g/mol. The standard InChI is InChI=1S/C28H33BN4O5/c1-22(2)18-33(31-28(35)38-21-24-13-7-4-8-14-24)27(34)20-32(19-23-11-5-3-6-12-23)30-17-25-15-9-10-16-26(25)29(36)37/h3-17,22,36-37H,18-21H2,1-2H3,(H,31,35)/b30-17+. The monoisotopic (exact) mass is 516 g/mol. The predicted octanol–water partition coefficient (Wildman–Crippen LogP) is 2.53. The summed E-state index contributed by atoms with van der Waals surface area (Å²) in [5.41, 5.74) is 5.13. The largest absolute Gasteiger partial charge is 0.489 e. The lowest BCUT2D eigenvalue weighted by atomic mass is 9.77. The number of amides is 2. The van der Waals surface area contributed by atoms with Crippen LogP contribution in [0.1, 0.15) is 30.5 Å². The van der Waals surface area contributed by atoms with E-state index in [1.54, 1.807) is 29.3 Å². The van der Waals surface area contributed by atoms with Crippen LogP contribution >= 0.6 is 0 Å². The molecule has 0 aliphatic carbocycles. The first-order chi connectivity index (χ1) is 18.3. The maximum absolute atomic E-state index is 13.3. The minimum absolute atomic E-state index is 0.0803. The van der Waals surface area contributed by atoms with Gasteiger partial charge in [0.2, 0.25) is 0 Å². The van der Waals surface area contributed by atoms with Gasteiger partial charge in [-0.1, -0.05) is 98.8 Å². The number of hydrazine groups is 1. The van der Waals surface area contributed by atoms with Gasteiger partial charge in [0.25, 0.3) is 5.91 Å². The van der Waals surface area contributed by atoms with Gasteiger partial charge in [0.05, 0.1) is 12.8 Å². The molecule has 3 aromatic carbocycles. The summed E-state index contributed by atoms with van der Waals surface area (Å²) in [7, 11) is -1.66. The predicted molar refractivity (Wildman–Crippen MR) is 147 cm³/mol. The van der Waals surface area contributed by atoms with Gasteiger partial charge in [0, 0.05) is 6.54 Å². The zero-order valence-corrected chi connectivity index (χ0v) is 21.6. The van der Waals surface area contributed by atoms with Crippen LogP contribution in [0.3, 0.4) is 0 Å². The van der Waals surface area contributed by atoms with E-state index in [1.807, 2.05) is 74.5 Å². The average Bonchev–Trinajstić information content (AvgIpc) is 2.91.